The molecule has 0 bridgehead atoms. The minimum Gasteiger partial charge on any atom is -0.454 e. The Morgan fingerprint density at radius 3 is 3.00 bits per heavy atom. The maximum Gasteiger partial charge on any atom is 0.231 e. The van der Waals surface area contributed by atoms with Crippen LogP contribution in [0.15, 0.2) is 18.2 Å². The van der Waals surface area contributed by atoms with Gasteiger partial charge in [-0.05, 0) is 19.1 Å². The summed E-state index contributed by atoms with van der Waals surface area (Å²) in [4.78, 5) is 0. The van der Waals surface area contributed by atoms with Gasteiger partial charge in [-0.2, -0.15) is 0 Å². The van der Waals surface area contributed by atoms with Crippen LogP contribution in [0.4, 0.5) is 5.69 Å². The largest absolute Gasteiger partial charge is 0.454 e. The lowest BCUT2D eigenvalue weighted by atomic mass is 10.2. The van der Waals surface area contributed by atoms with E-state index < -0.39 is 0 Å². The summed E-state index contributed by atoms with van der Waals surface area (Å²) < 4.78 is 15.6. The van der Waals surface area contributed by atoms with E-state index in [2.05, 4.69) is 12.2 Å². The standard InChI is InChI=1S/C11H15NO3/c1-8(6-13-2)12-9-3-4-10-11(5-9)15-7-14-10/h3-5,8,12H,6-7H2,1-2H3/t8-/m1/s1. The molecule has 1 aromatic rings. The second kappa shape index (κ2) is 4.40. The van der Waals surface area contributed by atoms with E-state index in [1.165, 1.54) is 0 Å². The predicted octanol–water partition coefficient (Wildman–Crippen LogP) is 1.86. The molecule has 0 amide bonds. The van der Waals surface area contributed by atoms with E-state index in [0.29, 0.717) is 13.4 Å². The van der Waals surface area contributed by atoms with Crippen LogP contribution in [0.1, 0.15) is 6.92 Å². The van der Waals surface area contributed by atoms with Crippen molar-refractivity contribution in [1.29, 1.82) is 0 Å². The third kappa shape index (κ3) is 2.33. The van der Waals surface area contributed by atoms with Gasteiger partial charge in [0, 0.05) is 24.9 Å². The summed E-state index contributed by atoms with van der Waals surface area (Å²) in [6, 6.07) is 6.09. The molecule has 4 heteroatoms. The van der Waals surface area contributed by atoms with Gasteiger partial charge in [0.1, 0.15) is 0 Å². The first-order valence-corrected chi connectivity index (χ1v) is 4.94. The average Bonchev–Trinajstić information content (AvgIpc) is 2.65. The highest BCUT2D eigenvalue weighted by atomic mass is 16.7. The van der Waals surface area contributed by atoms with Gasteiger partial charge in [-0.1, -0.05) is 0 Å². The fourth-order valence-electron chi connectivity index (χ4n) is 1.56. The molecule has 4 nitrogen and oxygen atoms in total. The van der Waals surface area contributed by atoms with Crippen molar-refractivity contribution in [2.45, 2.75) is 13.0 Å². The first-order valence-electron chi connectivity index (χ1n) is 4.94. The third-order valence-electron chi connectivity index (χ3n) is 2.20. The van der Waals surface area contributed by atoms with Gasteiger partial charge in [-0.15, -0.1) is 0 Å². The highest BCUT2D eigenvalue weighted by Crippen LogP contribution is 2.34. The van der Waals surface area contributed by atoms with Crippen molar-refractivity contribution in [2.24, 2.45) is 0 Å². The molecule has 1 aliphatic rings. The zero-order valence-corrected chi connectivity index (χ0v) is 8.95. The maximum atomic E-state index is 5.29. The number of methoxy groups -OCH3 is 1. The van der Waals surface area contributed by atoms with Crippen molar-refractivity contribution < 1.29 is 14.2 Å². The lowest BCUT2D eigenvalue weighted by Gasteiger charge is -2.14. The Morgan fingerprint density at radius 1 is 1.40 bits per heavy atom. The zero-order chi connectivity index (χ0) is 10.7. The van der Waals surface area contributed by atoms with Crippen LogP contribution in [-0.4, -0.2) is 26.6 Å². The molecule has 0 saturated heterocycles. The van der Waals surface area contributed by atoms with E-state index >= 15 is 0 Å². The van der Waals surface area contributed by atoms with E-state index in [-0.39, 0.29) is 6.04 Å². The number of benzene rings is 1. The highest BCUT2D eigenvalue weighted by Gasteiger charge is 2.13. The number of rotatable bonds is 4. The van der Waals surface area contributed by atoms with Gasteiger partial charge in [-0.3, -0.25) is 0 Å². The van der Waals surface area contributed by atoms with Gasteiger partial charge < -0.3 is 19.5 Å². The zero-order valence-electron chi connectivity index (χ0n) is 8.95. The molecule has 1 aromatic carbocycles. The quantitative estimate of drug-likeness (QED) is 0.821. The van der Waals surface area contributed by atoms with Crippen LogP contribution in [-0.2, 0) is 4.74 Å². The van der Waals surface area contributed by atoms with Crippen LogP contribution in [0.2, 0.25) is 0 Å². The second-order valence-electron chi connectivity index (χ2n) is 3.57. The van der Waals surface area contributed by atoms with Gasteiger partial charge in [-0.25, -0.2) is 0 Å². The summed E-state index contributed by atoms with van der Waals surface area (Å²) in [6.45, 7) is 3.05. The second-order valence-corrected chi connectivity index (χ2v) is 3.57. The summed E-state index contributed by atoms with van der Waals surface area (Å²) in [5, 5.41) is 3.31. The summed E-state index contributed by atoms with van der Waals surface area (Å²) in [5.74, 6) is 1.60. The number of fused-ring (bicyclic) bond motifs is 1. The SMILES string of the molecule is COC[C@@H](C)Nc1ccc2c(c1)OCO2. The Balaban J connectivity index is 2.03. The van der Waals surface area contributed by atoms with E-state index in [4.69, 9.17) is 14.2 Å². The number of hydrogen-bond acceptors (Lipinski definition) is 4. The van der Waals surface area contributed by atoms with Crippen LogP contribution < -0.4 is 14.8 Å². The van der Waals surface area contributed by atoms with Crippen molar-refractivity contribution in [3.05, 3.63) is 18.2 Å². The number of anilines is 1. The number of hydrogen-bond donors (Lipinski definition) is 1. The van der Waals surface area contributed by atoms with Gasteiger partial charge in [0.2, 0.25) is 6.79 Å². The van der Waals surface area contributed by atoms with Crippen molar-refractivity contribution >= 4 is 5.69 Å². The molecule has 15 heavy (non-hydrogen) atoms. The Labute approximate surface area is 89.1 Å². The molecule has 0 unspecified atom stereocenters. The molecule has 0 aromatic heterocycles. The predicted molar refractivity (Wildman–Crippen MR) is 57.5 cm³/mol. The molecule has 1 atom stereocenters. The molecule has 82 valence electrons. The van der Waals surface area contributed by atoms with Gasteiger partial charge in [0.25, 0.3) is 0 Å². The molecular weight excluding hydrogens is 194 g/mol. The van der Waals surface area contributed by atoms with E-state index in [0.717, 1.165) is 17.2 Å². The number of ether oxygens (including phenoxy) is 3. The van der Waals surface area contributed by atoms with Crippen LogP contribution in [0.3, 0.4) is 0 Å². The lowest BCUT2D eigenvalue weighted by Crippen LogP contribution is -2.20. The summed E-state index contributed by atoms with van der Waals surface area (Å²) in [5.41, 5.74) is 1.02. The van der Waals surface area contributed by atoms with E-state index in [1.807, 2.05) is 18.2 Å². The van der Waals surface area contributed by atoms with Crippen molar-refractivity contribution in [1.82, 2.24) is 0 Å². The Kier molecular flexibility index (Phi) is 2.97. The van der Waals surface area contributed by atoms with Gasteiger partial charge in [0.15, 0.2) is 11.5 Å². The fourth-order valence-corrected chi connectivity index (χ4v) is 1.56. The first kappa shape index (κ1) is 10.1. The van der Waals surface area contributed by atoms with Crippen LogP contribution >= 0.6 is 0 Å². The molecule has 1 N–H and O–H groups in total. The molecule has 2 rings (SSSR count). The molecule has 0 spiro atoms. The minimum atomic E-state index is 0.273. The molecule has 1 heterocycles. The molecule has 0 saturated carbocycles. The van der Waals surface area contributed by atoms with Crippen LogP contribution in [0.25, 0.3) is 0 Å². The topological polar surface area (TPSA) is 39.7 Å². The van der Waals surface area contributed by atoms with Crippen LogP contribution in [0.5, 0.6) is 11.5 Å². The van der Waals surface area contributed by atoms with Gasteiger partial charge in [0.05, 0.1) is 6.61 Å². The summed E-state index contributed by atoms with van der Waals surface area (Å²) in [6.07, 6.45) is 0. The molecule has 0 aliphatic carbocycles. The number of nitrogens with one attached hydrogen (secondary N) is 1. The molecule has 0 fully saturated rings. The molecular formula is C11H15NO3. The first-order chi connectivity index (χ1) is 7.29. The normalized spacial score (nSPS) is 15.1. The smallest absolute Gasteiger partial charge is 0.231 e. The van der Waals surface area contributed by atoms with Gasteiger partial charge >= 0.3 is 0 Å². The summed E-state index contributed by atoms with van der Waals surface area (Å²) >= 11 is 0. The lowest BCUT2D eigenvalue weighted by molar-refractivity contribution is 0.174. The molecule has 1 aliphatic heterocycles. The monoisotopic (exact) mass is 209 g/mol. The maximum absolute atomic E-state index is 5.29. The minimum absolute atomic E-state index is 0.273. The third-order valence-corrected chi connectivity index (χ3v) is 2.20. The Morgan fingerprint density at radius 2 is 2.20 bits per heavy atom. The van der Waals surface area contributed by atoms with Crippen molar-refractivity contribution in [3.63, 3.8) is 0 Å². The summed E-state index contributed by atoms with van der Waals surface area (Å²) in [7, 11) is 1.69. The fraction of sp³-hybridized carbons (Fsp3) is 0.455. The highest BCUT2D eigenvalue weighted by molar-refractivity contribution is 5.55. The van der Waals surface area contributed by atoms with Crippen molar-refractivity contribution in [2.75, 3.05) is 25.8 Å². The molecule has 0 radical (unpaired) electrons. The van der Waals surface area contributed by atoms with Crippen LogP contribution in [0, 0.1) is 0 Å². The van der Waals surface area contributed by atoms with E-state index in [9.17, 15) is 0 Å². The van der Waals surface area contributed by atoms with E-state index in [1.54, 1.807) is 7.11 Å². The van der Waals surface area contributed by atoms with Crippen molar-refractivity contribution in [3.8, 4) is 11.5 Å². The Hall–Kier alpha value is -1.42. The Bertz CT molecular complexity index is 341. The average molecular weight is 209 g/mol.